The van der Waals surface area contributed by atoms with Crippen molar-refractivity contribution in [1.29, 1.82) is 0 Å². The average Bonchev–Trinajstić information content (AvgIpc) is 2.75. The van der Waals surface area contributed by atoms with Crippen LogP contribution in [-0.2, 0) is 13.1 Å². The highest BCUT2D eigenvalue weighted by atomic mass is 35.5. The van der Waals surface area contributed by atoms with Crippen LogP contribution in [0.1, 0.15) is 27.2 Å². The van der Waals surface area contributed by atoms with Crippen molar-refractivity contribution >= 4 is 28.5 Å². The zero-order valence-corrected chi connectivity index (χ0v) is 17.2. The standard InChI is InChI=1S/C24H20ClN3O2/c1-16-24(30)28(15-17-6-3-2-4-7-17)22-11-10-19(13-21(22)27-16)23(29)26-14-18-8-5-9-20(25)12-18/h2-13H,14-15H2,1H3,(H,26,29). The number of fused-ring (bicyclic) bond motifs is 1. The third kappa shape index (κ3) is 4.26. The van der Waals surface area contributed by atoms with Crippen LogP contribution in [0.4, 0.5) is 0 Å². The van der Waals surface area contributed by atoms with E-state index in [1.54, 1.807) is 35.8 Å². The summed E-state index contributed by atoms with van der Waals surface area (Å²) in [5, 5.41) is 3.52. The Morgan fingerprint density at radius 2 is 1.77 bits per heavy atom. The molecule has 1 N–H and O–H groups in total. The van der Waals surface area contributed by atoms with E-state index < -0.39 is 0 Å². The Labute approximate surface area is 179 Å². The van der Waals surface area contributed by atoms with Gasteiger partial charge in [-0.05, 0) is 48.4 Å². The van der Waals surface area contributed by atoms with Gasteiger partial charge in [-0.3, -0.25) is 9.59 Å². The third-order valence-electron chi connectivity index (χ3n) is 4.90. The number of nitrogens with one attached hydrogen (secondary N) is 1. The minimum Gasteiger partial charge on any atom is -0.348 e. The molecule has 0 radical (unpaired) electrons. The van der Waals surface area contributed by atoms with Crippen molar-refractivity contribution in [3.05, 3.63) is 111 Å². The molecule has 6 heteroatoms. The first-order valence-corrected chi connectivity index (χ1v) is 9.97. The lowest BCUT2D eigenvalue weighted by atomic mass is 10.1. The second kappa shape index (κ2) is 8.51. The van der Waals surface area contributed by atoms with Crippen LogP contribution in [0.25, 0.3) is 11.0 Å². The van der Waals surface area contributed by atoms with Crippen LogP contribution in [0.5, 0.6) is 0 Å². The maximum absolute atomic E-state index is 12.7. The fourth-order valence-corrected chi connectivity index (χ4v) is 3.58. The molecule has 0 aliphatic carbocycles. The number of carbonyl (C=O) groups excluding carboxylic acids is 1. The molecule has 4 aromatic rings. The summed E-state index contributed by atoms with van der Waals surface area (Å²) < 4.78 is 1.70. The smallest absolute Gasteiger partial charge is 0.272 e. The Bertz CT molecular complexity index is 1280. The van der Waals surface area contributed by atoms with Crippen LogP contribution in [-0.4, -0.2) is 15.5 Å². The summed E-state index contributed by atoms with van der Waals surface area (Å²) in [6.07, 6.45) is 0. The lowest BCUT2D eigenvalue weighted by molar-refractivity contribution is 0.0951. The number of benzene rings is 3. The van der Waals surface area contributed by atoms with Gasteiger partial charge in [0.25, 0.3) is 11.5 Å². The van der Waals surface area contributed by atoms with Crippen molar-refractivity contribution in [2.75, 3.05) is 0 Å². The molecule has 150 valence electrons. The molecule has 3 aromatic carbocycles. The number of nitrogens with zero attached hydrogens (tertiary/aromatic N) is 2. The highest BCUT2D eigenvalue weighted by Crippen LogP contribution is 2.16. The Morgan fingerprint density at radius 1 is 1.00 bits per heavy atom. The van der Waals surface area contributed by atoms with Crippen molar-refractivity contribution in [3.63, 3.8) is 0 Å². The number of hydrogen-bond donors (Lipinski definition) is 1. The first-order valence-electron chi connectivity index (χ1n) is 9.59. The SMILES string of the molecule is Cc1nc2cc(C(=O)NCc3cccc(Cl)c3)ccc2n(Cc2ccccc2)c1=O. The van der Waals surface area contributed by atoms with Crippen molar-refractivity contribution in [2.24, 2.45) is 0 Å². The lowest BCUT2D eigenvalue weighted by Crippen LogP contribution is -2.25. The summed E-state index contributed by atoms with van der Waals surface area (Å²) in [6, 6.07) is 22.4. The molecule has 0 aliphatic rings. The summed E-state index contributed by atoms with van der Waals surface area (Å²) in [4.78, 5) is 29.8. The number of aryl methyl sites for hydroxylation is 1. The molecule has 0 atom stereocenters. The number of hydrogen-bond acceptors (Lipinski definition) is 3. The summed E-state index contributed by atoms with van der Waals surface area (Å²) >= 11 is 5.99. The second-order valence-corrected chi connectivity index (χ2v) is 7.53. The maximum Gasteiger partial charge on any atom is 0.272 e. The first kappa shape index (κ1) is 19.9. The summed E-state index contributed by atoms with van der Waals surface area (Å²) in [5.41, 5.74) is 4.00. The van der Waals surface area contributed by atoms with E-state index >= 15 is 0 Å². The van der Waals surface area contributed by atoms with Crippen LogP contribution >= 0.6 is 11.6 Å². The van der Waals surface area contributed by atoms with Gasteiger partial charge in [0.05, 0.1) is 17.6 Å². The third-order valence-corrected chi connectivity index (χ3v) is 5.13. The maximum atomic E-state index is 12.7. The molecule has 0 spiro atoms. The van der Waals surface area contributed by atoms with Crippen molar-refractivity contribution in [1.82, 2.24) is 14.9 Å². The van der Waals surface area contributed by atoms with E-state index in [9.17, 15) is 9.59 Å². The predicted molar refractivity (Wildman–Crippen MR) is 119 cm³/mol. The van der Waals surface area contributed by atoms with E-state index in [0.29, 0.717) is 40.4 Å². The van der Waals surface area contributed by atoms with Gasteiger partial charge in [-0.1, -0.05) is 54.1 Å². The van der Waals surface area contributed by atoms with Gasteiger partial charge < -0.3 is 9.88 Å². The van der Waals surface area contributed by atoms with Gasteiger partial charge in [-0.15, -0.1) is 0 Å². The molecular weight excluding hydrogens is 398 g/mol. The molecule has 0 saturated carbocycles. The van der Waals surface area contributed by atoms with E-state index in [1.807, 2.05) is 48.5 Å². The molecule has 4 rings (SSSR count). The van der Waals surface area contributed by atoms with Gasteiger partial charge >= 0.3 is 0 Å². The minimum absolute atomic E-state index is 0.135. The van der Waals surface area contributed by atoms with Crippen molar-refractivity contribution < 1.29 is 4.79 Å². The number of halogens is 1. The topological polar surface area (TPSA) is 64.0 Å². The molecule has 0 bridgehead atoms. The van der Waals surface area contributed by atoms with Gasteiger partial charge in [0, 0.05) is 17.1 Å². The second-order valence-electron chi connectivity index (χ2n) is 7.09. The van der Waals surface area contributed by atoms with Crippen LogP contribution in [0.15, 0.2) is 77.6 Å². The normalized spacial score (nSPS) is 10.9. The fourth-order valence-electron chi connectivity index (χ4n) is 3.37. The van der Waals surface area contributed by atoms with E-state index in [0.717, 1.165) is 11.1 Å². The van der Waals surface area contributed by atoms with Gasteiger partial charge in [-0.2, -0.15) is 0 Å². The Hall–Kier alpha value is -3.44. The quantitative estimate of drug-likeness (QED) is 0.525. The van der Waals surface area contributed by atoms with E-state index in [2.05, 4.69) is 10.3 Å². The molecular formula is C24H20ClN3O2. The zero-order valence-electron chi connectivity index (χ0n) is 16.4. The van der Waals surface area contributed by atoms with Gasteiger partial charge in [-0.25, -0.2) is 4.98 Å². The lowest BCUT2D eigenvalue weighted by Gasteiger charge is -2.12. The Balaban J connectivity index is 1.63. The van der Waals surface area contributed by atoms with Crippen LogP contribution in [0.3, 0.4) is 0 Å². The molecule has 30 heavy (non-hydrogen) atoms. The summed E-state index contributed by atoms with van der Waals surface area (Å²) in [7, 11) is 0. The Morgan fingerprint density at radius 3 is 2.53 bits per heavy atom. The molecule has 1 amide bonds. The minimum atomic E-state index is -0.211. The highest BCUT2D eigenvalue weighted by Gasteiger charge is 2.12. The number of aromatic nitrogens is 2. The fraction of sp³-hybridized carbons (Fsp3) is 0.125. The van der Waals surface area contributed by atoms with Gasteiger partial charge in [0.15, 0.2) is 0 Å². The van der Waals surface area contributed by atoms with Crippen molar-refractivity contribution in [2.45, 2.75) is 20.0 Å². The number of carbonyl (C=O) groups is 1. The number of rotatable bonds is 5. The molecule has 1 aromatic heterocycles. The molecule has 0 aliphatic heterocycles. The summed E-state index contributed by atoms with van der Waals surface area (Å²) in [6.45, 7) is 2.51. The van der Waals surface area contributed by atoms with Crippen LogP contribution < -0.4 is 10.9 Å². The van der Waals surface area contributed by atoms with E-state index in [4.69, 9.17) is 11.6 Å². The van der Waals surface area contributed by atoms with Gasteiger partial charge in [0.1, 0.15) is 5.69 Å². The predicted octanol–water partition coefficient (Wildman–Crippen LogP) is 4.34. The molecule has 0 saturated heterocycles. The molecule has 0 unspecified atom stereocenters. The first-order chi connectivity index (χ1) is 14.5. The Kier molecular flexibility index (Phi) is 5.63. The van der Waals surface area contributed by atoms with Crippen molar-refractivity contribution in [3.8, 4) is 0 Å². The van der Waals surface area contributed by atoms with E-state index in [-0.39, 0.29) is 11.5 Å². The highest BCUT2D eigenvalue weighted by molar-refractivity contribution is 6.30. The summed E-state index contributed by atoms with van der Waals surface area (Å²) in [5.74, 6) is -0.211. The van der Waals surface area contributed by atoms with Crippen LogP contribution in [0, 0.1) is 6.92 Å². The van der Waals surface area contributed by atoms with E-state index in [1.165, 1.54) is 0 Å². The largest absolute Gasteiger partial charge is 0.348 e. The molecule has 1 heterocycles. The average molecular weight is 418 g/mol. The van der Waals surface area contributed by atoms with Gasteiger partial charge in [0.2, 0.25) is 0 Å². The molecule has 5 nitrogen and oxygen atoms in total. The monoisotopic (exact) mass is 417 g/mol. The molecule has 0 fully saturated rings. The van der Waals surface area contributed by atoms with Crippen LogP contribution in [0.2, 0.25) is 5.02 Å². The zero-order chi connectivity index (χ0) is 21.1. The number of amides is 1.